The fraction of sp³-hybridized carbons (Fsp3) is 0.684. The van der Waals surface area contributed by atoms with Gasteiger partial charge in [-0.3, -0.25) is 0 Å². The highest BCUT2D eigenvalue weighted by Gasteiger charge is 2.44. The molecule has 2 aliphatic heterocycles. The summed E-state index contributed by atoms with van der Waals surface area (Å²) in [5.74, 6) is 0.347. The van der Waals surface area contributed by atoms with Crippen LogP contribution in [0.4, 0.5) is 23.8 Å². The van der Waals surface area contributed by atoms with Crippen LogP contribution in [-0.2, 0) is 10.9 Å². The molecule has 5 nitrogen and oxygen atoms in total. The lowest BCUT2D eigenvalue weighted by atomic mass is 9.79. The summed E-state index contributed by atoms with van der Waals surface area (Å²) in [6.07, 6.45) is -2.15. The first-order valence-corrected chi connectivity index (χ1v) is 9.25. The Morgan fingerprint density at radius 2 is 1.89 bits per heavy atom. The summed E-state index contributed by atoms with van der Waals surface area (Å²) < 4.78 is 44.4. The molecule has 3 rings (SSSR count). The van der Waals surface area contributed by atoms with Crippen LogP contribution in [0.5, 0.6) is 0 Å². The molecule has 0 N–H and O–H groups in total. The first kappa shape index (κ1) is 19.8. The molecule has 1 unspecified atom stereocenters. The fourth-order valence-electron chi connectivity index (χ4n) is 3.91. The molecule has 1 amide bonds. The Labute approximate surface area is 157 Å². The molecule has 2 fully saturated rings. The lowest BCUT2D eigenvalue weighted by molar-refractivity contribution is -0.141. The molecule has 0 aromatic carbocycles. The van der Waals surface area contributed by atoms with Gasteiger partial charge >= 0.3 is 12.3 Å². The molecule has 1 spiro atoms. The molecule has 2 aliphatic rings. The number of halogens is 3. The van der Waals surface area contributed by atoms with E-state index in [2.05, 4.69) is 4.98 Å². The zero-order valence-corrected chi connectivity index (χ0v) is 16.0. The highest BCUT2D eigenvalue weighted by Crippen LogP contribution is 2.40. The number of aromatic nitrogens is 1. The molecule has 150 valence electrons. The highest BCUT2D eigenvalue weighted by atomic mass is 19.4. The predicted octanol–water partition coefficient (Wildman–Crippen LogP) is 4.33. The highest BCUT2D eigenvalue weighted by molar-refractivity contribution is 5.68. The number of piperidine rings is 1. The Bertz CT molecular complexity index is 702. The van der Waals surface area contributed by atoms with Gasteiger partial charge < -0.3 is 14.5 Å². The number of rotatable bonds is 1. The third-order valence-corrected chi connectivity index (χ3v) is 5.10. The van der Waals surface area contributed by atoms with Crippen LogP contribution in [0.2, 0.25) is 0 Å². The Hall–Kier alpha value is -1.99. The average molecular weight is 385 g/mol. The molecule has 1 atom stereocenters. The molecule has 8 heteroatoms. The molecular weight excluding hydrogens is 359 g/mol. The minimum absolute atomic E-state index is 0.120. The second-order valence-electron chi connectivity index (χ2n) is 8.56. The first-order chi connectivity index (χ1) is 12.5. The van der Waals surface area contributed by atoms with Crippen LogP contribution in [0.3, 0.4) is 0 Å². The third-order valence-electron chi connectivity index (χ3n) is 5.10. The fourth-order valence-corrected chi connectivity index (χ4v) is 3.91. The van der Waals surface area contributed by atoms with Gasteiger partial charge in [0.1, 0.15) is 17.1 Å². The van der Waals surface area contributed by atoms with Gasteiger partial charge in [0, 0.05) is 31.6 Å². The molecule has 1 aromatic heterocycles. The average Bonchev–Trinajstić information content (AvgIpc) is 2.96. The van der Waals surface area contributed by atoms with Gasteiger partial charge in [0.2, 0.25) is 0 Å². The van der Waals surface area contributed by atoms with E-state index in [9.17, 15) is 18.0 Å². The molecule has 0 radical (unpaired) electrons. The van der Waals surface area contributed by atoms with E-state index in [-0.39, 0.29) is 11.5 Å². The minimum atomic E-state index is -4.45. The van der Waals surface area contributed by atoms with Crippen molar-refractivity contribution in [3.8, 4) is 0 Å². The van der Waals surface area contributed by atoms with E-state index in [1.54, 1.807) is 11.0 Å². The van der Waals surface area contributed by atoms with E-state index in [1.165, 1.54) is 6.07 Å². The van der Waals surface area contributed by atoms with Gasteiger partial charge in [-0.15, -0.1) is 0 Å². The van der Waals surface area contributed by atoms with E-state index in [1.807, 2.05) is 25.7 Å². The standard InChI is InChI=1S/C19H26F3N3O2/c1-17(2,3)27-16(26)25-11-9-18(13-25)8-5-10-24(12-18)15-7-4-6-14(23-15)19(20,21)22/h4,6-7H,5,8-13H2,1-3H3. The van der Waals surface area contributed by atoms with Crippen molar-refractivity contribution in [2.45, 2.75) is 51.8 Å². The smallest absolute Gasteiger partial charge is 0.433 e. The summed E-state index contributed by atoms with van der Waals surface area (Å²) in [5.41, 5.74) is -1.54. The number of alkyl halides is 3. The van der Waals surface area contributed by atoms with Crippen LogP contribution in [0.1, 0.15) is 45.7 Å². The van der Waals surface area contributed by atoms with Crippen molar-refractivity contribution in [3.63, 3.8) is 0 Å². The zero-order valence-electron chi connectivity index (χ0n) is 16.0. The van der Waals surface area contributed by atoms with Crippen molar-refractivity contribution in [1.82, 2.24) is 9.88 Å². The monoisotopic (exact) mass is 385 g/mol. The summed E-state index contributed by atoms with van der Waals surface area (Å²) in [7, 11) is 0. The van der Waals surface area contributed by atoms with Crippen molar-refractivity contribution in [3.05, 3.63) is 23.9 Å². The second kappa shape index (κ2) is 6.87. The maximum absolute atomic E-state index is 13.0. The number of likely N-dealkylation sites (tertiary alicyclic amines) is 1. The van der Waals surface area contributed by atoms with Crippen molar-refractivity contribution < 1.29 is 22.7 Å². The molecule has 0 saturated carbocycles. The lowest BCUT2D eigenvalue weighted by Crippen LogP contribution is -2.46. The number of nitrogens with zero attached hydrogens (tertiary/aromatic N) is 3. The number of carbonyl (C=O) groups excluding carboxylic acids is 1. The Kier molecular flexibility index (Phi) is 5.03. The molecule has 0 aliphatic carbocycles. The predicted molar refractivity (Wildman–Crippen MR) is 95.5 cm³/mol. The van der Waals surface area contributed by atoms with E-state index < -0.39 is 17.5 Å². The van der Waals surface area contributed by atoms with E-state index >= 15 is 0 Å². The van der Waals surface area contributed by atoms with Gasteiger partial charge in [0.05, 0.1) is 0 Å². The molecule has 1 aromatic rings. The van der Waals surface area contributed by atoms with Gasteiger partial charge in [-0.2, -0.15) is 13.2 Å². The first-order valence-electron chi connectivity index (χ1n) is 9.25. The summed E-state index contributed by atoms with van der Waals surface area (Å²) in [4.78, 5) is 19.8. The quantitative estimate of drug-likeness (QED) is 0.722. The third kappa shape index (κ3) is 4.65. The van der Waals surface area contributed by atoms with Gasteiger partial charge in [0.15, 0.2) is 0 Å². The van der Waals surface area contributed by atoms with Crippen LogP contribution >= 0.6 is 0 Å². The summed E-state index contributed by atoms with van der Waals surface area (Å²) >= 11 is 0. The van der Waals surface area contributed by atoms with E-state index in [0.717, 1.165) is 25.3 Å². The molecule has 3 heterocycles. The van der Waals surface area contributed by atoms with Crippen LogP contribution in [0.25, 0.3) is 0 Å². The number of hydrogen-bond acceptors (Lipinski definition) is 4. The van der Waals surface area contributed by atoms with Crippen LogP contribution in [-0.4, -0.2) is 47.8 Å². The summed E-state index contributed by atoms with van der Waals surface area (Å²) in [5, 5.41) is 0. The number of anilines is 1. The Balaban J connectivity index is 1.71. The van der Waals surface area contributed by atoms with Crippen molar-refractivity contribution >= 4 is 11.9 Å². The zero-order chi connectivity index (χ0) is 19.9. The molecule has 27 heavy (non-hydrogen) atoms. The SMILES string of the molecule is CC(C)(C)OC(=O)N1CCC2(CCCN(c3cccc(C(F)(F)F)n3)C2)C1. The van der Waals surface area contributed by atoms with Gasteiger partial charge in [-0.25, -0.2) is 9.78 Å². The lowest BCUT2D eigenvalue weighted by Gasteiger charge is -2.41. The largest absolute Gasteiger partial charge is 0.444 e. The summed E-state index contributed by atoms with van der Waals surface area (Å²) in [6, 6.07) is 4.01. The van der Waals surface area contributed by atoms with Gasteiger partial charge in [-0.1, -0.05) is 6.07 Å². The van der Waals surface area contributed by atoms with E-state index in [0.29, 0.717) is 32.0 Å². The number of amides is 1. The van der Waals surface area contributed by atoms with Crippen LogP contribution < -0.4 is 4.90 Å². The van der Waals surface area contributed by atoms with Crippen LogP contribution in [0, 0.1) is 5.41 Å². The van der Waals surface area contributed by atoms with E-state index in [4.69, 9.17) is 4.74 Å². The molecule has 0 bridgehead atoms. The normalized spacial score (nSPS) is 23.8. The molecular formula is C19H26F3N3O2. The van der Waals surface area contributed by atoms with Crippen molar-refractivity contribution in [2.75, 3.05) is 31.1 Å². The second-order valence-corrected chi connectivity index (χ2v) is 8.56. The minimum Gasteiger partial charge on any atom is -0.444 e. The van der Waals surface area contributed by atoms with Crippen molar-refractivity contribution in [1.29, 1.82) is 0 Å². The summed E-state index contributed by atoms with van der Waals surface area (Å²) in [6.45, 7) is 7.94. The topological polar surface area (TPSA) is 45.7 Å². The van der Waals surface area contributed by atoms with Gasteiger partial charge in [0.25, 0.3) is 0 Å². The number of carbonyl (C=O) groups is 1. The Morgan fingerprint density at radius 3 is 2.56 bits per heavy atom. The number of ether oxygens (including phenoxy) is 1. The maximum atomic E-state index is 13.0. The molecule has 2 saturated heterocycles. The van der Waals surface area contributed by atoms with Gasteiger partial charge in [-0.05, 0) is 52.2 Å². The number of pyridine rings is 1. The number of hydrogen-bond donors (Lipinski definition) is 0. The Morgan fingerprint density at radius 1 is 1.15 bits per heavy atom. The van der Waals surface area contributed by atoms with Crippen LogP contribution in [0.15, 0.2) is 18.2 Å². The maximum Gasteiger partial charge on any atom is 0.433 e. The van der Waals surface area contributed by atoms with Crippen molar-refractivity contribution in [2.24, 2.45) is 5.41 Å².